The van der Waals surface area contributed by atoms with Crippen LogP contribution in [0, 0.1) is 6.92 Å². The number of thiophene rings is 1. The van der Waals surface area contributed by atoms with E-state index < -0.39 is 0 Å². The number of hydrogen-bond acceptors (Lipinski definition) is 6. The van der Waals surface area contributed by atoms with Gasteiger partial charge in [-0.25, -0.2) is 9.97 Å². The van der Waals surface area contributed by atoms with Gasteiger partial charge in [0.15, 0.2) is 11.5 Å². The molecule has 0 spiro atoms. The zero-order chi connectivity index (χ0) is 16.8. The van der Waals surface area contributed by atoms with Gasteiger partial charge in [-0.2, -0.15) is 0 Å². The van der Waals surface area contributed by atoms with Crippen LogP contribution in [-0.2, 0) is 0 Å². The highest BCUT2D eigenvalue weighted by Crippen LogP contribution is 2.42. The average Bonchev–Trinajstić information content (AvgIpc) is 3.26. The van der Waals surface area contributed by atoms with Crippen molar-refractivity contribution in [3.8, 4) is 11.5 Å². The van der Waals surface area contributed by atoms with E-state index in [1.54, 1.807) is 17.7 Å². The Morgan fingerprint density at radius 1 is 1.12 bits per heavy atom. The second-order valence-corrected chi connectivity index (χ2v) is 7.76. The van der Waals surface area contributed by atoms with Gasteiger partial charge in [0.1, 0.15) is 30.2 Å². The van der Waals surface area contributed by atoms with Crippen molar-refractivity contribution in [1.82, 2.24) is 9.97 Å². The van der Waals surface area contributed by atoms with Crippen LogP contribution in [0.4, 0.5) is 5.82 Å². The number of ether oxygens (including phenoxy) is 2. The van der Waals surface area contributed by atoms with E-state index in [2.05, 4.69) is 40.0 Å². The maximum absolute atomic E-state index is 5.77. The summed E-state index contributed by atoms with van der Waals surface area (Å²) in [5.74, 6) is 2.75. The first-order valence-electron chi connectivity index (χ1n) is 8.67. The van der Waals surface area contributed by atoms with Gasteiger partial charge in [0.25, 0.3) is 0 Å². The Morgan fingerprint density at radius 3 is 2.92 bits per heavy atom. The van der Waals surface area contributed by atoms with E-state index in [0.29, 0.717) is 19.3 Å². The average molecular weight is 353 g/mol. The first-order chi connectivity index (χ1) is 12.3. The monoisotopic (exact) mass is 353 g/mol. The van der Waals surface area contributed by atoms with Crippen molar-refractivity contribution in [1.29, 1.82) is 0 Å². The molecule has 1 saturated heterocycles. The molecule has 0 aliphatic carbocycles. The van der Waals surface area contributed by atoms with Gasteiger partial charge in [-0.3, -0.25) is 0 Å². The predicted octanol–water partition coefficient (Wildman–Crippen LogP) is 4.11. The molecular formula is C19H19N3O2S. The molecule has 1 fully saturated rings. The summed E-state index contributed by atoms with van der Waals surface area (Å²) in [6, 6.07) is 8.84. The minimum absolute atomic E-state index is 0.314. The Bertz CT molecular complexity index is 940. The Labute approximate surface area is 150 Å². The van der Waals surface area contributed by atoms with Gasteiger partial charge in [-0.05, 0) is 43.5 Å². The molecule has 1 aromatic carbocycles. The van der Waals surface area contributed by atoms with Crippen molar-refractivity contribution in [2.45, 2.75) is 25.8 Å². The highest BCUT2D eigenvalue weighted by Gasteiger charge is 2.29. The summed E-state index contributed by atoms with van der Waals surface area (Å²) in [6.45, 7) is 4.38. The van der Waals surface area contributed by atoms with Crippen LogP contribution in [0.2, 0.25) is 0 Å². The maximum Gasteiger partial charge on any atom is 0.161 e. The smallest absolute Gasteiger partial charge is 0.161 e. The highest BCUT2D eigenvalue weighted by atomic mass is 32.1. The third-order valence-electron chi connectivity index (χ3n) is 4.91. The molecule has 1 atom stereocenters. The van der Waals surface area contributed by atoms with Gasteiger partial charge >= 0.3 is 0 Å². The van der Waals surface area contributed by atoms with Gasteiger partial charge in [0, 0.05) is 11.4 Å². The van der Waals surface area contributed by atoms with Crippen LogP contribution >= 0.6 is 11.3 Å². The van der Waals surface area contributed by atoms with Crippen molar-refractivity contribution in [2.75, 3.05) is 24.7 Å². The Balaban J connectivity index is 1.55. The molecule has 2 aromatic heterocycles. The fourth-order valence-corrected chi connectivity index (χ4v) is 4.67. The second kappa shape index (κ2) is 5.88. The van der Waals surface area contributed by atoms with Gasteiger partial charge in [0.05, 0.1) is 11.4 Å². The van der Waals surface area contributed by atoms with Gasteiger partial charge in [-0.1, -0.05) is 6.07 Å². The number of anilines is 1. The molecule has 3 aromatic rings. The fourth-order valence-electron chi connectivity index (χ4n) is 3.83. The predicted molar refractivity (Wildman–Crippen MR) is 98.9 cm³/mol. The lowest BCUT2D eigenvalue weighted by Gasteiger charge is -2.28. The molecule has 0 N–H and O–H groups in total. The summed E-state index contributed by atoms with van der Waals surface area (Å²) in [4.78, 5) is 13.8. The Morgan fingerprint density at radius 2 is 2.00 bits per heavy atom. The van der Waals surface area contributed by atoms with Crippen molar-refractivity contribution < 1.29 is 9.47 Å². The number of aromatic nitrogens is 2. The van der Waals surface area contributed by atoms with E-state index in [0.717, 1.165) is 46.9 Å². The van der Waals surface area contributed by atoms with Crippen LogP contribution in [0.1, 0.15) is 29.3 Å². The maximum atomic E-state index is 5.77. The first-order valence-corrected chi connectivity index (χ1v) is 9.48. The summed E-state index contributed by atoms with van der Waals surface area (Å²) in [6.07, 6.45) is 3.97. The lowest BCUT2D eigenvalue weighted by Crippen LogP contribution is -2.24. The number of hydrogen-bond donors (Lipinski definition) is 0. The van der Waals surface area contributed by atoms with Crippen LogP contribution in [0.25, 0.3) is 10.2 Å². The van der Waals surface area contributed by atoms with E-state index in [1.807, 2.05) is 6.07 Å². The number of rotatable bonds is 2. The van der Waals surface area contributed by atoms with Crippen molar-refractivity contribution in [2.24, 2.45) is 0 Å². The second-order valence-electron chi connectivity index (χ2n) is 6.53. The number of nitrogens with zero attached hydrogens (tertiary/aromatic N) is 3. The summed E-state index contributed by atoms with van der Waals surface area (Å²) in [7, 11) is 0. The first kappa shape index (κ1) is 15.0. The van der Waals surface area contributed by atoms with Crippen molar-refractivity contribution in [3.05, 3.63) is 41.0 Å². The lowest BCUT2D eigenvalue weighted by molar-refractivity contribution is 0.171. The molecule has 128 valence electrons. The van der Waals surface area contributed by atoms with Crippen LogP contribution in [0.5, 0.6) is 11.5 Å². The summed E-state index contributed by atoms with van der Waals surface area (Å²) < 4.78 is 11.4. The van der Waals surface area contributed by atoms with E-state index in [1.165, 1.54) is 10.4 Å². The van der Waals surface area contributed by atoms with Crippen molar-refractivity contribution >= 4 is 27.4 Å². The Hall–Kier alpha value is -2.34. The minimum Gasteiger partial charge on any atom is -0.486 e. The molecule has 25 heavy (non-hydrogen) atoms. The quantitative estimate of drug-likeness (QED) is 0.694. The molecule has 0 bridgehead atoms. The fraction of sp³-hybridized carbons (Fsp3) is 0.368. The molecule has 0 amide bonds. The van der Waals surface area contributed by atoms with Gasteiger partial charge < -0.3 is 14.4 Å². The molecular weight excluding hydrogens is 334 g/mol. The topological polar surface area (TPSA) is 47.5 Å². The van der Waals surface area contributed by atoms with Crippen LogP contribution in [-0.4, -0.2) is 29.7 Å². The van der Waals surface area contributed by atoms with Crippen LogP contribution < -0.4 is 14.4 Å². The van der Waals surface area contributed by atoms with Gasteiger partial charge in [0.2, 0.25) is 0 Å². The third-order valence-corrected chi connectivity index (χ3v) is 5.87. The molecule has 2 aliphatic heterocycles. The van der Waals surface area contributed by atoms with Crippen LogP contribution in [0.15, 0.2) is 30.6 Å². The number of aryl methyl sites for hydroxylation is 1. The zero-order valence-electron chi connectivity index (χ0n) is 14.1. The van der Waals surface area contributed by atoms with E-state index >= 15 is 0 Å². The largest absolute Gasteiger partial charge is 0.486 e. The molecule has 6 heteroatoms. The summed E-state index contributed by atoms with van der Waals surface area (Å²) in [5, 5.41) is 1.16. The van der Waals surface area contributed by atoms with Gasteiger partial charge in [-0.15, -0.1) is 11.3 Å². The molecule has 5 nitrogen and oxygen atoms in total. The molecule has 5 rings (SSSR count). The van der Waals surface area contributed by atoms with E-state index in [-0.39, 0.29) is 0 Å². The molecule has 4 heterocycles. The van der Waals surface area contributed by atoms with E-state index in [4.69, 9.17) is 9.47 Å². The molecule has 1 unspecified atom stereocenters. The highest BCUT2D eigenvalue weighted by molar-refractivity contribution is 7.18. The lowest BCUT2D eigenvalue weighted by atomic mass is 10.0. The SMILES string of the molecule is Cc1cc2c(N3CCCC3c3ccc4c(c3)OCCO4)ncnc2s1. The molecule has 0 saturated carbocycles. The zero-order valence-corrected chi connectivity index (χ0v) is 14.9. The standard InChI is InChI=1S/C19H19N3O2S/c1-12-9-14-18(20-11-21-19(14)25-12)22-6-2-3-15(22)13-4-5-16-17(10-13)24-8-7-23-16/h4-5,9-11,15H,2-3,6-8H2,1H3. The molecule has 2 aliphatic rings. The Kier molecular flexibility index (Phi) is 3.52. The normalized spacial score (nSPS) is 19.6. The molecule has 0 radical (unpaired) electrons. The summed E-state index contributed by atoms with van der Waals surface area (Å²) >= 11 is 1.73. The van der Waals surface area contributed by atoms with Crippen molar-refractivity contribution in [3.63, 3.8) is 0 Å². The van der Waals surface area contributed by atoms with E-state index in [9.17, 15) is 0 Å². The number of fused-ring (bicyclic) bond motifs is 2. The summed E-state index contributed by atoms with van der Waals surface area (Å²) in [5.41, 5.74) is 1.26. The minimum atomic E-state index is 0.314. The number of benzene rings is 1. The third kappa shape index (κ3) is 2.52. The van der Waals surface area contributed by atoms with Crippen LogP contribution in [0.3, 0.4) is 0 Å².